The molecule has 1 N–H and O–H groups in total. The number of phenolic OH excluding ortho intramolecular Hbond substituents is 1. The van der Waals surface area contributed by atoms with Crippen LogP contribution in [0.25, 0.3) is 0 Å². The van der Waals surface area contributed by atoms with E-state index < -0.39 is 40.4 Å². The second kappa shape index (κ2) is 8.70. The number of nitro groups is 1. The van der Waals surface area contributed by atoms with E-state index in [1.54, 1.807) is 12.1 Å². The van der Waals surface area contributed by atoms with Crippen molar-refractivity contribution in [2.45, 2.75) is 18.8 Å². The fourth-order valence-electron chi connectivity index (χ4n) is 6.23. The van der Waals surface area contributed by atoms with Gasteiger partial charge in [0.25, 0.3) is 5.69 Å². The number of non-ortho nitro benzene ring substituents is 1. The lowest BCUT2D eigenvalue weighted by Crippen LogP contribution is -2.39. The average molecular weight is 575 g/mol. The lowest BCUT2D eigenvalue weighted by Gasteiger charge is -2.42. The Morgan fingerprint density at radius 2 is 1.63 bits per heavy atom. The van der Waals surface area contributed by atoms with Crippen LogP contribution in [0.4, 0.5) is 11.4 Å². The molecule has 9 nitrogen and oxygen atoms in total. The van der Waals surface area contributed by atoms with E-state index in [1.165, 1.54) is 42.5 Å². The van der Waals surface area contributed by atoms with Gasteiger partial charge in [0.15, 0.2) is 11.6 Å². The molecule has 2 aromatic carbocycles. The third kappa shape index (κ3) is 3.51. The number of nitrogens with zero attached hydrogens (tertiary/aromatic N) is 2. The summed E-state index contributed by atoms with van der Waals surface area (Å²) in [5.41, 5.74) is 2.27. The minimum Gasteiger partial charge on any atom is -0.508 e. The summed E-state index contributed by atoms with van der Waals surface area (Å²) in [7, 11) is 0. The van der Waals surface area contributed by atoms with E-state index in [4.69, 9.17) is 0 Å². The number of anilines is 1. The Labute approximate surface area is 224 Å². The van der Waals surface area contributed by atoms with Gasteiger partial charge in [0.2, 0.25) is 11.8 Å². The number of fused-ring (bicyclic) bond motifs is 3. The second-order valence-electron chi connectivity index (χ2n) is 9.77. The molecule has 0 bridgehead atoms. The van der Waals surface area contributed by atoms with Crippen molar-refractivity contribution in [1.29, 1.82) is 0 Å². The van der Waals surface area contributed by atoms with Crippen LogP contribution in [0.15, 0.2) is 81.9 Å². The molecule has 2 amide bonds. The van der Waals surface area contributed by atoms with Gasteiger partial charge in [-0.3, -0.25) is 34.2 Å². The largest absolute Gasteiger partial charge is 0.508 e. The SMILES string of the molecule is O=C1C=C(Br)C(=O)C2=C1[C@@H](c1ccc(O)cc1)C1=CC[C@@H]3C(=O)N(c4ccc([N+](=O)[O-])cc4)C(=O)[C@@H]3[C@@H]1C2. The maximum absolute atomic E-state index is 13.8. The smallest absolute Gasteiger partial charge is 0.269 e. The molecule has 1 aliphatic heterocycles. The Kier molecular flexibility index (Phi) is 5.53. The number of carbonyl (C=O) groups is 4. The highest BCUT2D eigenvalue weighted by Gasteiger charge is 2.56. The van der Waals surface area contributed by atoms with Gasteiger partial charge in [0.1, 0.15) is 5.75 Å². The number of hydrogen-bond donors (Lipinski definition) is 1. The summed E-state index contributed by atoms with van der Waals surface area (Å²) >= 11 is 3.20. The first kappa shape index (κ1) is 24.2. The van der Waals surface area contributed by atoms with Gasteiger partial charge in [-0.2, -0.15) is 0 Å². The Balaban J connectivity index is 1.45. The summed E-state index contributed by atoms with van der Waals surface area (Å²) in [6, 6.07) is 11.6. The van der Waals surface area contributed by atoms with Crippen molar-refractivity contribution >= 4 is 50.7 Å². The minimum atomic E-state index is -0.751. The zero-order valence-electron chi connectivity index (χ0n) is 19.7. The van der Waals surface area contributed by atoms with Crippen LogP contribution in [-0.2, 0) is 19.2 Å². The second-order valence-corrected chi connectivity index (χ2v) is 10.6. The molecule has 2 aromatic rings. The van der Waals surface area contributed by atoms with E-state index in [1.807, 2.05) is 6.08 Å². The van der Waals surface area contributed by atoms with E-state index in [9.17, 15) is 34.4 Å². The van der Waals surface area contributed by atoms with Gasteiger partial charge < -0.3 is 5.11 Å². The molecule has 1 heterocycles. The fourth-order valence-corrected chi connectivity index (χ4v) is 6.68. The summed E-state index contributed by atoms with van der Waals surface area (Å²) in [6.45, 7) is 0. The molecule has 0 radical (unpaired) electrons. The van der Waals surface area contributed by atoms with Crippen molar-refractivity contribution in [2.75, 3.05) is 4.90 Å². The highest BCUT2D eigenvalue weighted by Crippen LogP contribution is 2.55. The number of allylic oxidation sites excluding steroid dienone is 6. The predicted molar refractivity (Wildman–Crippen MR) is 138 cm³/mol. The van der Waals surface area contributed by atoms with Crippen LogP contribution >= 0.6 is 15.9 Å². The Bertz CT molecular complexity index is 1550. The topological polar surface area (TPSA) is 135 Å². The van der Waals surface area contributed by atoms with E-state index >= 15 is 0 Å². The molecule has 190 valence electrons. The fraction of sp³-hybridized carbons (Fsp3) is 0.214. The molecule has 0 aromatic heterocycles. The third-order valence-corrected chi connectivity index (χ3v) is 8.47. The van der Waals surface area contributed by atoms with Crippen molar-refractivity contribution < 1.29 is 29.2 Å². The molecular formula is C28H19BrN2O7. The molecule has 4 aliphatic rings. The number of hydrogen-bond acceptors (Lipinski definition) is 7. The number of carbonyl (C=O) groups excluding carboxylic acids is 4. The monoisotopic (exact) mass is 574 g/mol. The zero-order chi connectivity index (χ0) is 26.9. The third-order valence-electron chi connectivity index (χ3n) is 7.88. The predicted octanol–water partition coefficient (Wildman–Crippen LogP) is 4.27. The molecule has 4 atom stereocenters. The summed E-state index contributed by atoms with van der Waals surface area (Å²) < 4.78 is 0.145. The van der Waals surface area contributed by atoms with Crippen molar-refractivity contribution in [2.24, 2.45) is 17.8 Å². The average Bonchev–Trinajstić information content (AvgIpc) is 3.16. The maximum Gasteiger partial charge on any atom is 0.269 e. The first-order valence-corrected chi connectivity index (χ1v) is 12.8. The number of rotatable bonds is 3. The Morgan fingerprint density at radius 3 is 2.29 bits per heavy atom. The first-order chi connectivity index (χ1) is 18.2. The van der Waals surface area contributed by atoms with Gasteiger partial charge in [-0.25, -0.2) is 0 Å². The number of amides is 2. The van der Waals surface area contributed by atoms with Gasteiger partial charge in [0, 0.05) is 35.3 Å². The lowest BCUT2D eigenvalue weighted by atomic mass is 9.59. The zero-order valence-corrected chi connectivity index (χ0v) is 21.3. The highest BCUT2D eigenvalue weighted by molar-refractivity contribution is 9.12. The number of nitro benzene ring substituents is 1. The summed E-state index contributed by atoms with van der Waals surface area (Å²) in [4.78, 5) is 65.2. The molecular weight excluding hydrogens is 556 g/mol. The quantitative estimate of drug-likeness (QED) is 0.190. The summed E-state index contributed by atoms with van der Waals surface area (Å²) in [6.07, 6.45) is 3.59. The molecule has 3 aliphatic carbocycles. The number of Topliss-reactive ketones (excluding diaryl/α,β-unsaturated/α-hetero) is 1. The number of imide groups is 1. The van der Waals surface area contributed by atoms with Crippen molar-refractivity contribution in [1.82, 2.24) is 0 Å². The molecule has 0 saturated carbocycles. The van der Waals surface area contributed by atoms with Gasteiger partial charge in [-0.15, -0.1) is 0 Å². The number of aromatic hydroxyl groups is 1. The Morgan fingerprint density at radius 1 is 0.947 bits per heavy atom. The van der Waals surface area contributed by atoms with Crippen LogP contribution in [0.2, 0.25) is 0 Å². The van der Waals surface area contributed by atoms with Gasteiger partial charge >= 0.3 is 0 Å². The standard InChI is InChI=1S/C28H19BrN2O7/c29-21-12-22(33)25-20(26(21)34)11-19-17(23(25)13-1-7-16(32)8-2-13)9-10-18-24(19)28(36)30(27(18)35)14-3-5-15(6-4-14)31(37)38/h1-9,12,18-19,23-24,32H,10-11H2/t18-,19+,23-,24-/m0/s1. The molecule has 0 spiro atoms. The Hall–Kier alpha value is -4.18. The normalized spacial score (nSPS) is 26.5. The van der Waals surface area contributed by atoms with Crippen molar-refractivity contribution in [3.63, 3.8) is 0 Å². The van der Waals surface area contributed by atoms with E-state index in [2.05, 4.69) is 15.9 Å². The van der Waals surface area contributed by atoms with Crippen LogP contribution in [-0.4, -0.2) is 33.4 Å². The lowest BCUT2D eigenvalue weighted by molar-refractivity contribution is -0.384. The molecule has 1 saturated heterocycles. The van der Waals surface area contributed by atoms with Crippen LogP contribution in [0.5, 0.6) is 5.75 Å². The minimum absolute atomic E-state index is 0.0528. The highest BCUT2D eigenvalue weighted by atomic mass is 79.9. The van der Waals surface area contributed by atoms with Crippen molar-refractivity contribution in [3.8, 4) is 5.75 Å². The number of benzene rings is 2. The van der Waals surface area contributed by atoms with Crippen LogP contribution in [0.1, 0.15) is 24.3 Å². The van der Waals surface area contributed by atoms with E-state index in [0.717, 1.165) is 10.5 Å². The van der Waals surface area contributed by atoms with Crippen LogP contribution in [0, 0.1) is 27.9 Å². The molecule has 38 heavy (non-hydrogen) atoms. The van der Waals surface area contributed by atoms with E-state index in [0.29, 0.717) is 16.7 Å². The molecule has 0 unspecified atom stereocenters. The van der Waals surface area contributed by atoms with E-state index in [-0.39, 0.29) is 46.0 Å². The van der Waals surface area contributed by atoms with Crippen LogP contribution < -0.4 is 4.90 Å². The first-order valence-electron chi connectivity index (χ1n) is 12.0. The molecule has 6 rings (SSSR count). The van der Waals surface area contributed by atoms with Gasteiger partial charge in [-0.1, -0.05) is 23.8 Å². The van der Waals surface area contributed by atoms with Gasteiger partial charge in [0.05, 0.1) is 26.9 Å². The number of ketones is 2. The molecule has 1 fully saturated rings. The number of phenols is 1. The van der Waals surface area contributed by atoms with Gasteiger partial charge in [-0.05, 0) is 64.5 Å². The maximum atomic E-state index is 13.8. The summed E-state index contributed by atoms with van der Waals surface area (Å²) in [5, 5.41) is 20.9. The van der Waals surface area contributed by atoms with Crippen LogP contribution in [0.3, 0.4) is 0 Å². The van der Waals surface area contributed by atoms with Crippen molar-refractivity contribution in [3.05, 3.63) is 97.6 Å². The summed E-state index contributed by atoms with van der Waals surface area (Å²) in [5.74, 6) is -3.89. The number of halogens is 1. The molecule has 10 heteroatoms.